The number of carbonyl (C=O) groups is 1. The minimum atomic E-state index is -4.38. The van der Waals surface area contributed by atoms with Gasteiger partial charge in [-0.05, 0) is 30.5 Å². The predicted octanol–water partition coefficient (Wildman–Crippen LogP) is 2.41. The first-order valence-corrected chi connectivity index (χ1v) is 5.50. The van der Waals surface area contributed by atoms with Crippen molar-refractivity contribution in [3.05, 3.63) is 35.4 Å². The molecule has 0 spiro atoms. The highest BCUT2D eigenvalue weighted by Gasteiger charge is 2.33. The molecular weight excluding hydrogens is 247 g/mol. The molecule has 1 aliphatic heterocycles. The van der Waals surface area contributed by atoms with Crippen molar-refractivity contribution in [1.29, 1.82) is 0 Å². The first-order valence-electron chi connectivity index (χ1n) is 5.50. The van der Waals surface area contributed by atoms with Gasteiger partial charge in [0.2, 0.25) is 5.91 Å². The molecule has 2 N–H and O–H groups in total. The van der Waals surface area contributed by atoms with Crippen LogP contribution in [0.15, 0.2) is 24.3 Å². The van der Waals surface area contributed by atoms with Crippen molar-refractivity contribution < 1.29 is 22.7 Å². The normalized spacial score (nSPS) is 24.2. The average molecular weight is 259 g/mol. The summed E-state index contributed by atoms with van der Waals surface area (Å²) in [6, 6.07) is 4.94. The second-order valence-electron chi connectivity index (χ2n) is 4.22. The van der Waals surface area contributed by atoms with E-state index in [1.165, 1.54) is 6.07 Å². The van der Waals surface area contributed by atoms with Crippen LogP contribution in [-0.2, 0) is 15.7 Å². The Morgan fingerprint density at radius 2 is 2.06 bits per heavy atom. The zero-order valence-corrected chi connectivity index (χ0v) is 9.41. The zero-order valence-electron chi connectivity index (χ0n) is 9.41. The molecule has 0 radical (unpaired) electrons. The molecule has 0 saturated carbocycles. The highest BCUT2D eigenvalue weighted by Crippen LogP contribution is 2.36. The van der Waals surface area contributed by atoms with Crippen LogP contribution in [-0.4, -0.2) is 12.0 Å². The maximum absolute atomic E-state index is 12.5. The molecule has 1 saturated heterocycles. The molecule has 0 bridgehead atoms. The third kappa shape index (κ3) is 2.64. The number of hydrogen-bond donors (Lipinski definition) is 1. The van der Waals surface area contributed by atoms with Gasteiger partial charge in [-0.3, -0.25) is 4.79 Å². The fourth-order valence-corrected chi connectivity index (χ4v) is 2.01. The quantitative estimate of drug-likeness (QED) is 0.886. The maximum atomic E-state index is 12.5. The van der Waals surface area contributed by atoms with Crippen molar-refractivity contribution in [3.8, 4) is 0 Å². The fraction of sp³-hybridized carbons (Fsp3) is 0.417. The number of carbonyl (C=O) groups excluding carboxylic acids is 1. The molecule has 1 aliphatic rings. The summed E-state index contributed by atoms with van der Waals surface area (Å²) in [5.41, 5.74) is 4.80. The number of hydrogen-bond acceptors (Lipinski definition) is 2. The summed E-state index contributed by atoms with van der Waals surface area (Å²) < 4.78 is 43.0. The standard InChI is InChI=1S/C12H12F3NO2/c13-12(14,15)8-3-1-2-7(6-8)9-4-5-10(18-9)11(16)17/h1-3,6,9-10H,4-5H2,(H2,16,17)/t9-,10-/m0/s1. The third-order valence-electron chi connectivity index (χ3n) is 2.92. The molecule has 1 aromatic rings. The lowest BCUT2D eigenvalue weighted by Crippen LogP contribution is -2.27. The number of benzene rings is 1. The summed E-state index contributed by atoms with van der Waals surface area (Å²) in [5.74, 6) is -0.579. The summed E-state index contributed by atoms with van der Waals surface area (Å²) in [6.07, 6.45) is -4.64. The van der Waals surface area contributed by atoms with Gasteiger partial charge < -0.3 is 10.5 Å². The number of ether oxygens (including phenoxy) is 1. The first kappa shape index (κ1) is 12.9. The maximum Gasteiger partial charge on any atom is 0.416 e. The van der Waals surface area contributed by atoms with Gasteiger partial charge in [0.05, 0.1) is 11.7 Å². The predicted molar refractivity (Wildman–Crippen MR) is 57.5 cm³/mol. The first-order chi connectivity index (χ1) is 8.38. The molecule has 1 amide bonds. The number of primary amides is 1. The molecule has 6 heteroatoms. The van der Waals surface area contributed by atoms with Crippen LogP contribution in [0.3, 0.4) is 0 Å². The van der Waals surface area contributed by atoms with Gasteiger partial charge in [0.15, 0.2) is 0 Å². The van der Waals surface area contributed by atoms with E-state index in [1.807, 2.05) is 0 Å². The molecule has 3 nitrogen and oxygen atoms in total. The van der Waals surface area contributed by atoms with Crippen LogP contribution in [0, 0.1) is 0 Å². The van der Waals surface area contributed by atoms with Crippen molar-refractivity contribution in [3.63, 3.8) is 0 Å². The fourth-order valence-electron chi connectivity index (χ4n) is 2.01. The van der Waals surface area contributed by atoms with Gasteiger partial charge in [0, 0.05) is 0 Å². The number of alkyl halides is 3. The van der Waals surface area contributed by atoms with Crippen molar-refractivity contribution in [2.75, 3.05) is 0 Å². The lowest BCUT2D eigenvalue weighted by molar-refractivity contribution is -0.138. The van der Waals surface area contributed by atoms with Crippen LogP contribution in [0.5, 0.6) is 0 Å². The molecule has 18 heavy (non-hydrogen) atoms. The molecule has 0 aromatic heterocycles. The van der Waals surface area contributed by atoms with E-state index in [2.05, 4.69) is 0 Å². The number of halogens is 3. The van der Waals surface area contributed by atoms with E-state index < -0.39 is 29.9 Å². The van der Waals surface area contributed by atoms with Crippen molar-refractivity contribution in [2.45, 2.75) is 31.2 Å². The van der Waals surface area contributed by atoms with E-state index in [1.54, 1.807) is 6.07 Å². The summed E-state index contributed by atoms with van der Waals surface area (Å²) >= 11 is 0. The molecule has 2 atom stereocenters. The lowest BCUT2D eigenvalue weighted by atomic mass is 10.0. The minimum Gasteiger partial charge on any atom is -0.367 e. The second kappa shape index (κ2) is 4.61. The molecule has 0 aliphatic carbocycles. The molecule has 1 aromatic carbocycles. The molecular formula is C12H12F3NO2. The van der Waals surface area contributed by atoms with E-state index >= 15 is 0 Å². The van der Waals surface area contributed by atoms with Crippen molar-refractivity contribution >= 4 is 5.91 Å². The largest absolute Gasteiger partial charge is 0.416 e. The van der Waals surface area contributed by atoms with Gasteiger partial charge in [0.1, 0.15) is 6.10 Å². The van der Waals surface area contributed by atoms with E-state index in [4.69, 9.17) is 10.5 Å². The van der Waals surface area contributed by atoms with Crippen LogP contribution in [0.25, 0.3) is 0 Å². The average Bonchev–Trinajstić information content (AvgIpc) is 2.77. The van der Waals surface area contributed by atoms with Crippen molar-refractivity contribution in [1.82, 2.24) is 0 Å². The Morgan fingerprint density at radius 1 is 1.33 bits per heavy atom. The Bertz CT molecular complexity index is 459. The van der Waals surface area contributed by atoms with E-state index in [0.29, 0.717) is 18.4 Å². The minimum absolute atomic E-state index is 0.425. The number of nitrogens with two attached hydrogens (primary N) is 1. The van der Waals surface area contributed by atoms with Crippen LogP contribution in [0.2, 0.25) is 0 Å². The lowest BCUT2D eigenvalue weighted by Gasteiger charge is -2.14. The van der Waals surface area contributed by atoms with Gasteiger partial charge >= 0.3 is 6.18 Å². The van der Waals surface area contributed by atoms with E-state index in [0.717, 1.165) is 12.1 Å². The van der Waals surface area contributed by atoms with Gasteiger partial charge in [-0.25, -0.2) is 0 Å². The highest BCUT2D eigenvalue weighted by atomic mass is 19.4. The monoisotopic (exact) mass is 259 g/mol. The van der Waals surface area contributed by atoms with Gasteiger partial charge in [-0.2, -0.15) is 13.2 Å². The van der Waals surface area contributed by atoms with Crippen LogP contribution >= 0.6 is 0 Å². The van der Waals surface area contributed by atoms with E-state index in [9.17, 15) is 18.0 Å². The molecule has 1 heterocycles. The van der Waals surface area contributed by atoms with Crippen LogP contribution in [0.4, 0.5) is 13.2 Å². The zero-order chi connectivity index (χ0) is 13.3. The Labute approximate surface area is 102 Å². The summed E-state index contributed by atoms with van der Waals surface area (Å²) in [5, 5.41) is 0. The Morgan fingerprint density at radius 3 is 2.61 bits per heavy atom. The third-order valence-corrected chi connectivity index (χ3v) is 2.92. The van der Waals surface area contributed by atoms with Crippen molar-refractivity contribution in [2.24, 2.45) is 5.73 Å². The molecule has 98 valence electrons. The molecule has 2 rings (SSSR count). The van der Waals surface area contributed by atoms with Gasteiger partial charge in [-0.15, -0.1) is 0 Å². The number of rotatable bonds is 2. The van der Waals surface area contributed by atoms with E-state index in [-0.39, 0.29) is 0 Å². The van der Waals surface area contributed by atoms with Gasteiger partial charge in [-0.1, -0.05) is 12.1 Å². The highest BCUT2D eigenvalue weighted by molar-refractivity contribution is 5.79. The smallest absolute Gasteiger partial charge is 0.367 e. The molecule has 1 fully saturated rings. The Hall–Kier alpha value is -1.56. The van der Waals surface area contributed by atoms with Gasteiger partial charge in [0.25, 0.3) is 0 Å². The summed E-state index contributed by atoms with van der Waals surface area (Å²) in [7, 11) is 0. The molecule has 0 unspecified atom stereocenters. The number of amides is 1. The second-order valence-corrected chi connectivity index (χ2v) is 4.22. The van der Waals surface area contributed by atoms with Crippen LogP contribution < -0.4 is 5.73 Å². The SMILES string of the molecule is NC(=O)[C@@H]1CC[C@@H](c2cccc(C(F)(F)F)c2)O1. The topological polar surface area (TPSA) is 52.3 Å². The summed E-state index contributed by atoms with van der Waals surface area (Å²) in [6.45, 7) is 0. The van der Waals surface area contributed by atoms with Crippen LogP contribution in [0.1, 0.15) is 30.1 Å². The Kier molecular flexibility index (Phi) is 3.30. The summed E-state index contributed by atoms with van der Waals surface area (Å²) in [4.78, 5) is 10.9. The Balaban J connectivity index is 2.18.